The summed E-state index contributed by atoms with van der Waals surface area (Å²) < 4.78 is 84.9. The number of sulfonamides is 2. The maximum atomic E-state index is 13.0. The highest BCUT2D eigenvalue weighted by Crippen LogP contribution is 2.41. The molecule has 0 unspecified atom stereocenters. The fraction of sp³-hybridized carbons (Fsp3) is 0.333. The lowest BCUT2D eigenvalue weighted by molar-refractivity contribution is -0.388. The van der Waals surface area contributed by atoms with Crippen molar-refractivity contribution in [1.29, 1.82) is 0 Å². The van der Waals surface area contributed by atoms with Crippen molar-refractivity contribution in [3.05, 3.63) is 31.4 Å². The lowest BCUT2D eigenvalue weighted by atomic mass is 10.1. The largest absolute Gasteiger partial charge is 0.423 e. The van der Waals surface area contributed by atoms with E-state index in [-0.39, 0.29) is 13.3 Å². The van der Waals surface area contributed by atoms with Gasteiger partial charge in [0.25, 0.3) is 5.69 Å². The Hall–Kier alpha value is -1.16. The molecule has 0 radical (unpaired) electrons. The average Bonchev–Trinajstić information content (AvgIpc) is 2.25. The summed E-state index contributed by atoms with van der Waals surface area (Å²) in [7, 11) is -8.98. The van der Waals surface area contributed by atoms with Gasteiger partial charge in [-0.1, -0.05) is 0 Å². The molecule has 8 nitrogen and oxygen atoms in total. The topological polar surface area (TPSA) is 115 Å². The van der Waals surface area contributed by atoms with Crippen molar-refractivity contribution < 1.29 is 34.9 Å². The Morgan fingerprint density at radius 3 is 1.87 bits per heavy atom. The molecule has 0 aliphatic carbocycles. The zero-order valence-corrected chi connectivity index (χ0v) is 15.1. The van der Waals surface area contributed by atoms with Crippen molar-refractivity contribution in [2.75, 3.05) is 16.2 Å². The molecule has 0 fully saturated rings. The molecular weight excluding hydrogens is 480 g/mol. The van der Waals surface area contributed by atoms with Crippen LogP contribution in [0.4, 0.5) is 24.5 Å². The fourth-order valence-corrected chi connectivity index (χ4v) is 5.68. The highest BCUT2D eigenvalue weighted by atomic mass is 127. The summed E-state index contributed by atoms with van der Waals surface area (Å²) in [6.07, 6.45) is -4.21. The molecule has 0 bridgehead atoms. The third-order valence-electron chi connectivity index (χ3n) is 2.37. The number of hydrogen-bond donors (Lipinski definition) is 0. The second-order valence-electron chi connectivity index (χ2n) is 4.30. The van der Waals surface area contributed by atoms with Crippen LogP contribution in [0.3, 0.4) is 0 Å². The first-order chi connectivity index (χ1) is 10.1. The molecule has 0 aliphatic rings. The van der Waals surface area contributed by atoms with E-state index in [0.29, 0.717) is 18.6 Å². The first-order valence-corrected chi connectivity index (χ1v) is 10.1. The molecule has 1 aromatic rings. The number of hydrogen-bond acceptors (Lipinski definition) is 6. The predicted octanol–water partition coefficient (Wildman–Crippen LogP) is 1.94. The van der Waals surface area contributed by atoms with E-state index in [1.807, 2.05) is 0 Å². The first kappa shape index (κ1) is 19.9. The van der Waals surface area contributed by atoms with Gasteiger partial charge >= 0.3 is 6.18 Å². The van der Waals surface area contributed by atoms with Crippen LogP contribution in [0.1, 0.15) is 5.56 Å². The van der Waals surface area contributed by atoms with Gasteiger partial charge in [0.1, 0.15) is 5.56 Å². The summed E-state index contributed by atoms with van der Waals surface area (Å²) in [6.45, 7) is 0. The van der Waals surface area contributed by atoms with Gasteiger partial charge in [0.05, 0.1) is 23.1 Å². The minimum Gasteiger partial charge on any atom is -0.258 e. The van der Waals surface area contributed by atoms with Crippen LogP contribution in [0, 0.1) is 13.7 Å². The Morgan fingerprint density at radius 1 is 1.13 bits per heavy atom. The Balaban J connectivity index is 3.90. The lowest BCUT2D eigenvalue weighted by Gasteiger charge is -2.22. The van der Waals surface area contributed by atoms with Gasteiger partial charge in [-0.2, -0.15) is 16.9 Å². The Bertz CT molecular complexity index is 834. The smallest absolute Gasteiger partial charge is 0.258 e. The second-order valence-corrected chi connectivity index (χ2v) is 9.35. The summed E-state index contributed by atoms with van der Waals surface area (Å²) in [5.41, 5.74) is -3.91. The predicted molar refractivity (Wildman–Crippen MR) is 83.0 cm³/mol. The molecule has 0 spiro atoms. The number of halogens is 4. The van der Waals surface area contributed by atoms with Gasteiger partial charge in [-0.3, -0.25) is 10.1 Å². The molecule has 0 saturated carbocycles. The molecular formula is C9H8F3IN2O6S2. The van der Waals surface area contributed by atoms with Crippen LogP contribution in [0.5, 0.6) is 0 Å². The zero-order valence-electron chi connectivity index (χ0n) is 11.3. The maximum Gasteiger partial charge on any atom is 0.423 e. The zero-order chi connectivity index (χ0) is 18.4. The molecule has 1 rings (SSSR count). The molecule has 23 heavy (non-hydrogen) atoms. The van der Waals surface area contributed by atoms with Crippen molar-refractivity contribution in [2.45, 2.75) is 6.18 Å². The van der Waals surface area contributed by atoms with E-state index in [2.05, 4.69) is 0 Å². The lowest BCUT2D eigenvalue weighted by Crippen LogP contribution is -2.36. The van der Waals surface area contributed by atoms with Gasteiger partial charge in [-0.15, -0.1) is 0 Å². The SMILES string of the molecule is CS(=O)(=O)N(c1cc(C(F)(F)F)c([N+](=O)[O-])cc1I)S(C)(=O)=O. The third-order valence-corrected chi connectivity index (χ3v) is 6.45. The number of nitrogens with zero attached hydrogens (tertiary/aromatic N) is 2. The summed E-state index contributed by atoms with van der Waals surface area (Å²) >= 11 is 1.32. The van der Waals surface area contributed by atoms with E-state index >= 15 is 0 Å². The Labute approximate surface area is 142 Å². The molecule has 0 aliphatic heterocycles. The van der Waals surface area contributed by atoms with Crippen LogP contribution in [0.2, 0.25) is 0 Å². The second kappa shape index (κ2) is 6.04. The molecule has 0 saturated heterocycles. The summed E-state index contributed by atoms with van der Waals surface area (Å²) in [4.78, 5) is 9.46. The van der Waals surface area contributed by atoms with E-state index in [1.54, 1.807) is 0 Å². The minimum atomic E-state index is -5.18. The molecule has 14 heteroatoms. The van der Waals surface area contributed by atoms with Gasteiger partial charge in [-0.25, -0.2) is 16.8 Å². The third kappa shape index (κ3) is 4.43. The highest BCUT2D eigenvalue weighted by molar-refractivity contribution is 14.1. The molecule has 130 valence electrons. The quantitative estimate of drug-likeness (QED) is 0.364. The summed E-state index contributed by atoms with van der Waals surface area (Å²) in [6, 6.07) is 0.587. The Morgan fingerprint density at radius 2 is 1.57 bits per heavy atom. The van der Waals surface area contributed by atoms with Gasteiger partial charge in [0.15, 0.2) is 0 Å². The van der Waals surface area contributed by atoms with Crippen LogP contribution in [0.25, 0.3) is 0 Å². The van der Waals surface area contributed by atoms with Crippen LogP contribution in [-0.2, 0) is 26.2 Å². The van der Waals surface area contributed by atoms with E-state index in [1.165, 1.54) is 22.6 Å². The standard InChI is InChI=1S/C9H8F3IN2O6S2/c1-22(18,19)15(23(2,20)21)8-3-5(9(10,11)12)7(14(16)17)4-6(8)13/h3-4H,1-2H3. The van der Waals surface area contributed by atoms with Gasteiger partial charge < -0.3 is 0 Å². The number of anilines is 1. The maximum absolute atomic E-state index is 13.0. The van der Waals surface area contributed by atoms with Crippen LogP contribution < -0.4 is 3.71 Å². The van der Waals surface area contributed by atoms with E-state index in [9.17, 15) is 40.1 Å². The molecule has 1 aromatic carbocycles. The Kier molecular flexibility index (Phi) is 5.23. The number of alkyl halides is 3. The van der Waals surface area contributed by atoms with Crippen LogP contribution in [0.15, 0.2) is 12.1 Å². The van der Waals surface area contributed by atoms with Crippen molar-refractivity contribution in [2.24, 2.45) is 0 Å². The molecule has 0 heterocycles. The number of benzene rings is 1. The molecule has 0 amide bonds. The summed E-state index contributed by atoms with van der Waals surface area (Å²) in [5.74, 6) is 0. The van der Waals surface area contributed by atoms with Gasteiger partial charge in [0.2, 0.25) is 20.0 Å². The van der Waals surface area contributed by atoms with Crippen molar-refractivity contribution >= 4 is 54.0 Å². The number of nitro groups is 1. The monoisotopic (exact) mass is 488 g/mol. The summed E-state index contributed by atoms with van der Waals surface area (Å²) in [5, 5.41) is 10.7. The first-order valence-electron chi connectivity index (χ1n) is 5.32. The fourth-order valence-electron chi connectivity index (χ4n) is 1.67. The average molecular weight is 488 g/mol. The van der Waals surface area contributed by atoms with Crippen LogP contribution in [-0.4, -0.2) is 34.3 Å². The normalized spacial score (nSPS) is 13.0. The number of nitro benzene ring substituents is 1. The van der Waals surface area contributed by atoms with E-state index < -0.39 is 48.1 Å². The van der Waals surface area contributed by atoms with Crippen molar-refractivity contribution in [3.63, 3.8) is 0 Å². The molecule has 0 atom stereocenters. The van der Waals surface area contributed by atoms with E-state index in [4.69, 9.17) is 0 Å². The minimum absolute atomic E-state index is 0.127. The highest BCUT2D eigenvalue weighted by Gasteiger charge is 2.41. The van der Waals surface area contributed by atoms with Gasteiger partial charge in [-0.05, 0) is 28.7 Å². The molecule has 0 N–H and O–H groups in total. The number of rotatable bonds is 4. The van der Waals surface area contributed by atoms with Crippen molar-refractivity contribution in [1.82, 2.24) is 0 Å². The van der Waals surface area contributed by atoms with E-state index in [0.717, 1.165) is 0 Å². The van der Waals surface area contributed by atoms with Crippen molar-refractivity contribution in [3.8, 4) is 0 Å². The molecule has 0 aromatic heterocycles. The van der Waals surface area contributed by atoms with Gasteiger partial charge in [0, 0.05) is 9.64 Å². The van der Waals surface area contributed by atoms with Crippen LogP contribution >= 0.6 is 22.6 Å².